The highest BCUT2D eigenvalue weighted by Gasteiger charge is 2.01. The molecule has 0 atom stereocenters. The van der Waals surface area contributed by atoms with Gasteiger partial charge in [0.05, 0.1) is 14.2 Å². The zero-order valence-electron chi connectivity index (χ0n) is 13.4. The van der Waals surface area contributed by atoms with Crippen LogP contribution in [0.1, 0.15) is 11.1 Å². The summed E-state index contributed by atoms with van der Waals surface area (Å²) in [5, 5.41) is 2.87. The fraction of sp³-hybridized carbons (Fsp3) is 0.211. The first-order valence-corrected chi connectivity index (χ1v) is 7.44. The van der Waals surface area contributed by atoms with Crippen molar-refractivity contribution in [3.8, 4) is 11.5 Å². The van der Waals surface area contributed by atoms with Crippen molar-refractivity contribution in [2.75, 3.05) is 20.8 Å². The lowest BCUT2D eigenvalue weighted by atomic mass is 10.1. The second-order valence-electron chi connectivity index (χ2n) is 5.01. The molecule has 0 aromatic heterocycles. The average molecular weight is 311 g/mol. The topological polar surface area (TPSA) is 47.6 Å². The van der Waals surface area contributed by atoms with E-state index in [1.165, 1.54) is 11.6 Å². The molecule has 2 aromatic rings. The largest absolute Gasteiger partial charge is 0.497 e. The van der Waals surface area contributed by atoms with Crippen LogP contribution in [-0.2, 0) is 11.2 Å². The summed E-state index contributed by atoms with van der Waals surface area (Å²) < 4.78 is 10.4. The van der Waals surface area contributed by atoms with E-state index in [9.17, 15) is 4.79 Å². The van der Waals surface area contributed by atoms with Crippen LogP contribution in [0.2, 0.25) is 0 Å². The molecular formula is C19H21NO3. The van der Waals surface area contributed by atoms with Crippen LogP contribution in [-0.4, -0.2) is 26.7 Å². The Kier molecular flexibility index (Phi) is 6.24. The Morgan fingerprint density at radius 3 is 2.30 bits per heavy atom. The molecule has 0 heterocycles. The number of nitrogens with one attached hydrogen (secondary N) is 1. The Labute approximate surface area is 136 Å². The first-order chi connectivity index (χ1) is 11.2. The summed E-state index contributed by atoms with van der Waals surface area (Å²) in [5.74, 6) is 1.25. The van der Waals surface area contributed by atoms with Gasteiger partial charge in [0.25, 0.3) is 0 Å². The van der Waals surface area contributed by atoms with Crippen molar-refractivity contribution < 1.29 is 14.3 Å². The smallest absolute Gasteiger partial charge is 0.244 e. The van der Waals surface area contributed by atoms with Crippen molar-refractivity contribution >= 4 is 12.0 Å². The number of benzene rings is 2. The second-order valence-corrected chi connectivity index (χ2v) is 5.01. The minimum atomic E-state index is -0.122. The van der Waals surface area contributed by atoms with Gasteiger partial charge in [0.1, 0.15) is 11.5 Å². The average Bonchev–Trinajstić information content (AvgIpc) is 2.60. The number of hydrogen-bond donors (Lipinski definition) is 1. The molecule has 2 rings (SSSR count). The van der Waals surface area contributed by atoms with Crippen molar-refractivity contribution in [1.29, 1.82) is 0 Å². The van der Waals surface area contributed by atoms with Gasteiger partial charge < -0.3 is 14.8 Å². The van der Waals surface area contributed by atoms with Crippen molar-refractivity contribution in [2.45, 2.75) is 6.42 Å². The summed E-state index contributed by atoms with van der Waals surface area (Å²) in [5.41, 5.74) is 2.05. The monoisotopic (exact) mass is 311 g/mol. The van der Waals surface area contributed by atoms with E-state index >= 15 is 0 Å². The number of rotatable bonds is 7. The third kappa shape index (κ3) is 5.51. The molecular weight excluding hydrogens is 290 g/mol. The summed E-state index contributed by atoms with van der Waals surface area (Å²) in [4.78, 5) is 11.9. The lowest BCUT2D eigenvalue weighted by Gasteiger charge is -2.06. The van der Waals surface area contributed by atoms with Crippen LogP contribution in [0.25, 0.3) is 6.08 Å². The predicted octanol–water partition coefficient (Wildman–Crippen LogP) is 3.08. The summed E-state index contributed by atoms with van der Waals surface area (Å²) in [7, 11) is 3.19. The molecule has 0 radical (unpaired) electrons. The van der Waals surface area contributed by atoms with Crippen LogP contribution in [0, 0.1) is 0 Å². The molecule has 0 spiro atoms. The molecule has 1 amide bonds. The first-order valence-electron chi connectivity index (χ1n) is 7.44. The highest BCUT2D eigenvalue weighted by atomic mass is 16.5. The lowest BCUT2D eigenvalue weighted by molar-refractivity contribution is -0.116. The SMILES string of the molecule is COc1cc(/C=C/C(=O)NCCc2ccccc2)cc(OC)c1. The van der Waals surface area contributed by atoms with Crippen LogP contribution >= 0.6 is 0 Å². The van der Waals surface area contributed by atoms with Crippen molar-refractivity contribution in [2.24, 2.45) is 0 Å². The maximum Gasteiger partial charge on any atom is 0.244 e. The standard InChI is InChI=1S/C19H21NO3/c1-22-17-12-16(13-18(14-17)23-2)8-9-19(21)20-11-10-15-6-4-3-5-7-15/h3-9,12-14H,10-11H2,1-2H3,(H,20,21)/b9-8+. The number of ether oxygens (including phenoxy) is 2. The van der Waals surface area contributed by atoms with E-state index < -0.39 is 0 Å². The molecule has 0 fully saturated rings. The van der Waals surface area contributed by atoms with Crippen molar-refractivity contribution in [3.05, 3.63) is 65.7 Å². The van der Waals surface area contributed by atoms with Gasteiger partial charge in [-0.05, 0) is 35.8 Å². The van der Waals surface area contributed by atoms with E-state index in [2.05, 4.69) is 5.32 Å². The Balaban J connectivity index is 1.88. The fourth-order valence-electron chi connectivity index (χ4n) is 2.13. The van der Waals surface area contributed by atoms with Gasteiger partial charge in [-0.1, -0.05) is 30.3 Å². The zero-order chi connectivity index (χ0) is 16.5. The zero-order valence-corrected chi connectivity index (χ0v) is 13.4. The van der Waals surface area contributed by atoms with Gasteiger partial charge in [0.2, 0.25) is 5.91 Å². The van der Waals surface area contributed by atoms with Gasteiger partial charge in [0, 0.05) is 18.7 Å². The summed E-state index contributed by atoms with van der Waals surface area (Å²) in [6, 6.07) is 15.5. The highest BCUT2D eigenvalue weighted by molar-refractivity contribution is 5.91. The minimum Gasteiger partial charge on any atom is -0.497 e. The third-order valence-corrected chi connectivity index (χ3v) is 3.36. The molecule has 0 saturated heterocycles. The summed E-state index contributed by atoms with van der Waals surface area (Å²) >= 11 is 0. The minimum absolute atomic E-state index is 0.122. The van der Waals surface area contributed by atoms with E-state index in [0.29, 0.717) is 18.0 Å². The number of hydrogen-bond acceptors (Lipinski definition) is 3. The molecule has 4 nitrogen and oxygen atoms in total. The molecule has 2 aromatic carbocycles. The summed E-state index contributed by atoms with van der Waals surface area (Å²) in [6.45, 7) is 0.606. The molecule has 23 heavy (non-hydrogen) atoms. The maximum absolute atomic E-state index is 11.9. The highest BCUT2D eigenvalue weighted by Crippen LogP contribution is 2.23. The lowest BCUT2D eigenvalue weighted by Crippen LogP contribution is -2.23. The van der Waals surface area contributed by atoms with E-state index in [1.807, 2.05) is 42.5 Å². The number of carbonyl (C=O) groups excluding carboxylic acids is 1. The Hall–Kier alpha value is -2.75. The normalized spacial score (nSPS) is 10.5. The predicted molar refractivity (Wildman–Crippen MR) is 91.7 cm³/mol. The fourth-order valence-corrected chi connectivity index (χ4v) is 2.13. The van der Waals surface area contributed by atoms with Crippen molar-refractivity contribution in [1.82, 2.24) is 5.32 Å². The van der Waals surface area contributed by atoms with E-state index in [-0.39, 0.29) is 5.91 Å². The second kappa shape index (κ2) is 8.63. The van der Waals surface area contributed by atoms with Gasteiger partial charge in [0.15, 0.2) is 0 Å². The van der Waals surface area contributed by atoms with E-state index in [4.69, 9.17) is 9.47 Å². The Morgan fingerprint density at radius 2 is 1.70 bits per heavy atom. The third-order valence-electron chi connectivity index (χ3n) is 3.36. The van der Waals surface area contributed by atoms with Crippen LogP contribution in [0.15, 0.2) is 54.6 Å². The van der Waals surface area contributed by atoms with E-state index in [0.717, 1.165) is 12.0 Å². The Bertz CT molecular complexity index is 643. The molecule has 4 heteroatoms. The molecule has 0 unspecified atom stereocenters. The van der Waals surface area contributed by atoms with Crippen LogP contribution in [0.4, 0.5) is 0 Å². The summed E-state index contributed by atoms with van der Waals surface area (Å²) in [6.07, 6.45) is 4.06. The number of methoxy groups -OCH3 is 2. The quantitative estimate of drug-likeness (QED) is 0.799. The Morgan fingerprint density at radius 1 is 1.04 bits per heavy atom. The van der Waals surface area contributed by atoms with Crippen LogP contribution < -0.4 is 14.8 Å². The van der Waals surface area contributed by atoms with Gasteiger partial charge in [-0.2, -0.15) is 0 Å². The van der Waals surface area contributed by atoms with Gasteiger partial charge in [-0.3, -0.25) is 4.79 Å². The van der Waals surface area contributed by atoms with Gasteiger partial charge in [-0.15, -0.1) is 0 Å². The molecule has 0 aliphatic carbocycles. The van der Waals surface area contributed by atoms with Gasteiger partial charge in [-0.25, -0.2) is 0 Å². The molecule has 0 saturated carbocycles. The van der Waals surface area contributed by atoms with Crippen molar-refractivity contribution in [3.63, 3.8) is 0 Å². The van der Waals surface area contributed by atoms with Crippen LogP contribution in [0.5, 0.6) is 11.5 Å². The molecule has 0 aliphatic heterocycles. The molecule has 0 aliphatic rings. The number of amides is 1. The molecule has 120 valence electrons. The van der Waals surface area contributed by atoms with E-state index in [1.54, 1.807) is 26.4 Å². The van der Waals surface area contributed by atoms with Gasteiger partial charge >= 0.3 is 0 Å². The van der Waals surface area contributed by atoms with Crippen LogP contribution in [0.3, 0.4) is 0 Å². The maximum atomic E-state index is 11.9. The first kappa shape index (κ1) is 16.6. The molecule has 1 N–H and O–H groups in total. The molecule has 0 bridgehead atoms. The number of carbonyl (C=O) groups is 1.